The third-order valence-corrected chi connectivity index (χ3v) is 5.75. The molecule has 0 bridgehead atoms. The topological polar surface area (TPSA) is 35.5 Å². The first-order valence-electron chi connectivity index (χ1n) is 7.84. The van der Waals surface area contributed by atoms with Crippen LogP contribution in [0.4, 0.5) is 0 Å². The molecule has 1 aliphatic heterocycles. The fourth-order valence-corrected chi connectivity index (χ4v) is 3.77. The van der Waals surface area contributed by atoms with Gasteiger partial charge in [-0.05, 0) is 32.1 Å². The molecule has 118 valence electrons. The molecule has 1 aromatic carbocycles. The van der Waals surface area contributed by atoms with E-state index in [1.165, 1.54) is 12.0 Å². The van der Waals surface area contributed by atoms with Gasteiger partial charge in [-0.15, -0.1) is 0 Å². The van der Waals surface area contributed by atoms with E-state index in [2.05, 4.69) is 60.7 Å². The van der Waals surface area contributed by atoms with E-state index in [9.17, 15) is 5.11 Å². The first kappa shape index (κ1) is 16.8. The van der Waals surface area contributed by atoms with Crippen molar-refractivity contribution in [3.63, 3.8) is 0 Å². The van der Waals surface area contributed by atoms with Gasteiger partial charge < -0.3 is 10.4 Å². The summed E-state index contributed by atoms with van der Waals surface area (Å²) in [5.74, 6) is 0. The lowest BCUT2D eigenvalue weighted by molar-refractivity contribution is 0.246. The summed E-state index contributed by atoms with van der Waals surface area (Å²) in [4.78, 5) is 2.55. The van der Waals surface area contributed by atoms with E-state index < -0.39 is 0 Å². The zero-order valence-electron chi connectivity index (χ0n) is 13.3. The van der Waals surface area contributed by atoms with Crippen molar-refractivity contribution in [1.82, 2.24) is 10.2 Å². The molecular formula is C17H28N2OS. The van der Waals surface area contributed by atoms with Crippen molar-refractivity contribution in [3.8, 4) is 0 Å². The van der Waals surface area contributed by atoms with Gasteiger partial charge in [0.05, 0.1) is 6.61 Å². The largest absolute Gasteiger partial charge is 0.395 e. The summed E-state index contributed by atoms with van der Waals surface area (Å²) in [6.45, 7) is 6.95. The van der Waals surface area contributed by atoms with Gasteiger partial charge in [-0.3, -0.25) is 4.90 Å². The van der Waals surface area contributed by atoms with Gasteiger partial charge in [0.15, 0.2) is 0 Å². The molecule has 0 aliphatic carbocycles. The van der Waals surface area contributed by atoms with E-state index in [-0.39, 0.29) is 11.9 Å². The Labute approximate surface area is 133 Å². The van der Waals surface area contributed by atoms with Crippen molar-refractivity contribution in [1.29, 1.82) is 0 Å². The highest BCUT2D eigenvalue weighted by molar-refractivity contribution is 7.99. The summed E-state index contributed by atoms with van der Waals surface area (Å²) in [5.41, 5.74) is 1.39. The second-order valence-corrected chi connectivity index (χ2v) is 7.06. The van der Waals surface area contributed by atoms with Gasteiger partial charge in [-0.1, -0.05) is 30.3 Å². The highest BCUT2D eigenvalue weighted by Gasteiger charge is 2.28. The SMILES string of the molecule is CS[C@H](CO)[C@H](C)N[C@@H]1CCN([C@H](C)c2ccccc2)C1. The first-order chi connectivity index (χ1) is 10.2. The number of nitrogens with zero attached hydrogens (tertiary/aromatic N) is 1. The Morgan fingerprint density at radius 1 is 1.33 bits per heavy atom. The number of hydrogen-bond acceptors (Lipinski definition) is 4. The Kier molecular flexibility index (Phi) is 6.55. The molecule has 1 fully saturated rings. The van der Waals surface area contributed by atoms with E-state index in [1.807, 2.05) is 0 Å². The Bertz CT molecular complexity index is 411. The van der Waals surface area contributed by atoms with Crippen LogP contribution in [0.5, 0.6) is 0 Å². The highest BCUT2D eigenvalue weighted by atomic mass is 32.2. The molecular weight excluding hydrogens is 280 g/mol. The second-order valence-electron chi connectivity index (χ2n) is 5.98. The van der Waals surface area contributed by atoms with Crippen LogP contribution in [-0.4, -0.2) is 53.3 Å². The molecule has 0 amide bonds. The van der Waals surface area contributed by atoms with E-state index in [0.717, 1.165) is 13.1 Å². The number of aliphatic hydroxyl groups is 1. The number of likely N-dealkylation sites (tertiary alicyclic amines) is 1. The van der Waals surface area contributed by atoms with Crippen LogP contribution >= 0.6 is 11.8 Å². The minimum atomic E-state index is 0.242. The van der Waals surface area contributed by atoms with Gasteiger partial charge in [-0.2, -0.15) is 11.8 Å². The highest BCUT2D eigenvalue weighted by Crippen LogP contribution is 2.25. The van der Waals surface area contributed by atoms with E-state index >= 15 is 0 Å². The maximum Gasteiger partial charge on any atom is 0.0564 e. The quantitative estimate of drug-likeness (QED) is 0.811. The van der Waals surface area contributed by atoms with Crippen molar-refractivity contribution in [2.75, 3.05) is 26.0 Å². The third kappa shape index (κ3) is 4.46. The number of thioether (sulfide) groups is 1. The Balaban J connectivity index is 1.86. The fourth-order valence-electron chi connectivity index (χ4n) is 3.13. The Morgan fingerprint density at radius 2 is 2.05 bits per heavy atom. The van der Waals surface area contributed by atoms with Crippen molar-refractivity contribution in [2.24, 2.45) is 0 Å². The van der Waals surface area contributed by atoms with Crippen LogP contribution in [0.25, 0.3) is 0 Å². The molecule has 21 heavy (non-hydrogen) atoms. The number of benzene rings is 1. The monoisotopic (exact) mass is 308 g/mol. The zero-order valence-corrected chi connectivity index (χ0v) is 14.1. The van der Waals surface area contributed by atoms with Crippen molar-refractivity contribution in [2.45, 2.75) is 43.6 Å². The lowest BCUT2D eigenvalue weighted by Gasteiger charge is -2.27. The van der Waals surface area contributed by atoms with Crippen LogP contribution < -0.4 is 5.32 Å². The molecule has 0 aromatic heterocycles. The second kappa shape index (κ2) is 8.18. The van der Waals surface area contributed by atoms with Crippen LogP contribution in [0.2, 0.25) is 0 Å². The van der Waals surface area contributed by atoms with E-state index in [0.29, 0.717) is 18.1 Å². The molecule has 1 saturated heterocycles. The summed E-state index contributed by atoms with van der Waals surface area (Å²) >= 11 is 1.74. The minimum absolute atomic E-state index is 0.242. The van der Waals surface area contributed by atoms with Crippen LogP contribution in [0.15, 0.2) is 30.3 Å². The Morgan fingerprint density at radius 3 is 2.67 bits per heavy atom. The van der Waals surface area contributed by atoms with Crippen LogP contribution in [-0.2, 0) is 0 Å². The van der Waals surface area contributed by atoms with Gasteiger partial charge in [0.25, 0.3) is 0 Å². The lowest BCUT2D eigenvalue weighted by atomic mass is 10.1. The van der Waals surface area contributed by atoms with Gasteiger partial charge >= 0.3 is 0 Å². The molecule has 0 unspecified atom stereocenters. The average Bonchev–Trinajstić information content (AvgIpc) is 2.97. The summed E-state index contributed by atoms with van der Waals surface area (Å²) in [7, 11) is 0. The maximum absolute atomic E-state index is 9.39. The smallest absolute Gasteiger partial charge is 0.0564 e. The number of nitrogens with one attached hydrogen (secondary N) is 1. The number of hydrogen-bond donors (Lipinski definition) is 2. The average molecular weight is 308 g/mol. The summed E-state index contributed by atoms with van der Waals surface area (Å²) in [5, 5.41) is 13.4. The number of aliphatic hydroxyl groups excluding tert-OH is 1. The van der Waals surface area contributed by atoms with Crippen LogP contribution in [0.1, 0.15) is 31.9 Å². The lowest BCUT2D eigenvalue weighted by Crippen LogP contribution is -2.44. The molecule has 0 saturated carbocycles. The number of rotatable bonds is 7. The summed E-state index contributed by atoms with van der Waals surface area (Å²) < 4.78 is 0. The molecule has 2 N–H and O–H groups in total. The minimum Gasteiger partial charge on any atom is -0.395 e. The van der Waals surface area contributed by atoms with Crippen molar-refractivity contribution < 1.29 is 5.11 Å². The molecule has 1 aliphatic rings. The first-order valence-corrected chi connectivity index (χ1v) is 9.13. The molecule has 4 heteroatoms. The molecule has 4 atom stereocenters. The van der Waals surface area contributed by atoms with Crippen LogP contribution in [0.3, 0.4) is 0 Å². The standard InChI is InChI=1S/C17H28N2OS/c1-13(17(12-20)21-3)18-16-9-10-19(11-16)14(2)15-7-5-4-6-8-15/h4-8,13-14,16-18,20H,9-12H2,1-3H3/t13-,14+,16+,17+/m0/s1. The van der Waals surface area contributed by atoms with Crippen molar-refractivity contribution in [3.05, 3.63) is 35.9 Å². The van der Waals surface area contributed by atoms with E-state index in [1.54, 1.807) is 11.8 Å². The zero-order chi connectivity index (χ0) is 15.2. The van der Waals surface area contributed by atoms with E-state index in [4.69, 9.17) is 0 Å². The molecule has 0 radical (unpaired) electrons. The Hall–Kier alpha value is -0.550. The normalized spacial score (nSPS) is 23.9. The fraction of sp³-hybridized carbons (Fsp3) is 0.647. The van der Waals surface area contributed by atoms with Gasteiger partial charge in [-0.25, -0.2) is 0 Å². The third-order valence-electron chi connectivity index (χ3n) is 4.59. The predicted molar refractivity (Wildman–Crippen MR) is 91.8 cm³/mol. The maximum atomic E-state index is 9.39. The molecule has 3 nitrogen and oxygen atoms in total. The molecule has 1 aromatic rings. The predicted octanol–water partition coefficient (Wildman–Crippen LogP) is 2.52. The van der Waals surface area contributed by atoms with Gasteiger partial charge in [0, 0.05) is 36.5 Å². The summed E-state index contributed by atoms with van der Waals surface area (Å²) in [6.07, 6.45) is 3.26. The summed E-state index contributed by atoms with van der Waals surface area (Å²) in [6, 6.07) is 12.1. The van der Waals surface area contributed by atoms with Gasteiger partial charge in [0.1, 0.15) is 0 Å². The van der Waals surface area contributed by atoms with Crippen molar-refractivity contribution >= 4 is 11.8 Å². The molecule has 1 heterocycles. The molecule has 0 spiro atoms. The van der Waals surface area contributed by atoms with Gasteiger partial charge in [0.2, 0.25) is 0 Å². The molecule has 2 rings (SSSR count). The van der Waals surface area contributed by atoms with Crippen LogP contribution in [0, 0.1) is 0 Å².